The van der Waals surface area contributed by atoms with Crippen LogP contribution in [0.5, 0.6) is 0 Å². The summed E-state index contributed by atoms with van der Waals surface area (Å²) in [5.74, 6) is -0.945. The standard InChI is InChI=1S/C17H18FN3O4/c1-17(2,3)25-16(24)21-6-4-11-12(18)8-10(9-13(11)21)20-7-5-14(22)19-15(20)23/h4,6,8-9H,5,7H2,1-3H3,(H,19,22,23). The minimum absolute atomic E-state index is 0.123. The van der Waals surface area contributed by atoms with E-state index in [1.807, 2.05) is 0 Å². The van der Waals surface area contributed by atoms with Crippen LogP contribution in [-0.2, 0) is 9.53 Å². The molecule has 3 amide bonds. The molecule has 25 heavy (non-hydrogen) atoms. The molecule has 2 heterocycles. The molecule has 0 aliphatic carbocycles. The number of urea groups is 1. The van der Waals surface area contributed by atoms with E-state index in [0.717, 1.165) is 0 Å². The summed E-state index contributed by atoms with van der Waals surface area (Å²) in [7, 11) is 0. The van der Waals surface area contributed by atoms with Crippen molar-refractivity contribution in [1.82, 2.24) is 9.88 Å². The van der Waals surface area contributed by atoms with Crippen LogP contribution in [-0.4, -0.2) is 34.7 Å². The smallest absolute Gasteiger partial charge is 0.418 e. The number of amides is 3. The average molecular weight is 347 g/mol. The van der Waals surface area contributed by atoms with Gasteiger partial charge < -0.3 is 4.74 Å². The first-order chi connectivity index (χ1) is 11.7. The SMILES string of the molecule is CC(C)(C)OC(=O)n1ccc2c(F)cc(N3CCC(=O)NC3=O)cc21. The average Bonchev–Trinajstić information content (AvgIpc) is 2.89. The van der Waals surface area contributed by atoms with Crippen molar-refractivity contribution in [2.24, 2.45) is 0 Å². The summed E-state index contributed by atoms with van der Waals surface area (Å²) in [5.41, 5.74) is -0.149. The number of anilines is 1. The van der Waals surface area contributed by atoms with Crippen molar-refractivity contribution < 1.29 is 23.5 Å². The van der Waals surface area contributed by atoms with Gasteiger partial charge in [0.2, 0.25) is 5.91 Å². The number of fused-ring (bicyclic) bond motifs is 1. The summed E-state index contributed by atoms with van der Waals surface area (Å²) < 4.78 is 20.9. The van der Waals surface area contributed by atoms with Crippen molar-refractivity contribution in [2.45, 2.75) is 32.8 Å². The van der Waals surface area contributed by atoms with Gasteiger partial charge in [0, 0.05) is 24.5 Å². The quantitative estimate of drug-likeness (QED) is 0.860. The van der Waals surface area contributed by atoms with Crippen molar-refractivity contribution in [1.29, 1.82) is 0 Å². The van der Waals surface area contributed by atoms with E-state index in [1.54, 1.807) is 20.8 Å². The molecule has 1 aromatic carbocycles. The highest BCUT2D eigenvalue weighted by atomic mass is 19.1. The van der Waals surface area contributed by atoms with Gasteiger partial charge in [-0.05, 0) is 39.0 Å². The Bertz CT molecular complexity index is 882. The van der Waals surface area contributed by atoms with Gasteiger partial charge in [-0.1, -0.05) is 0 Å². The van der Waals surface area contributed by atoms with Crippen LogP contribution in [0.15, 0.2) is 24.4 Å². The van der Waals surface area contributed by atoms with Crippen LogP contribution in [0.1, 0.15) is 27.2 Å². The third kappa shape index (κ3) is 3.33. The predicted octanol–water partition coefficient (Wildman–Crippen LogP) is 3.01. The van der Waals surface area contributed by atoms with E-state index in [1.165, 1.54) is 33.9 Å². The highest BCUT2D eigenvalue weighted by Gasteiger charge is 2.26. The monoisotopic (exact) mass is 347 g/mol. The van der Waals surface area contributed by atoms with Crippen LogP contribution in [0.25, 0.3) is 10.9 Å². The molecule has 1 aliphatic heterocycles. The summed E-state index contributed by atoms with van der Waals surface area (Å²) >= 11 is 0. The number of benzene rings is 1. The molecule has 0 bridgehead atoms. The molecule has 1 aromatic heterocycles. The Kier molecular flexibility index (Phi) is 3.98. The van der Waals surface area contributed by atoms with Gasteiger partial charge in [0.15, 0.2) is 0 Å². The number of imide groups is 1. The second kappa shape index (κ2) is 5.87. The summed E-state index contributed by atoms with van der Waals surface area (Å²) in [4.78, 5) is 36.8. The number of ether oxygens (including phenoxy) is 1. The highest BCUT2D eigenvalue weighted by molar-refractivity contribution is 6.06. The van der Waals surface area contributed by atoms with Crippen LogP contribution >= 0.6 is 0 Å². The lowest BCUT2D eigenvalue weighted by atomic mass is 10.2. The number of halogens is 1. The Morgan fingerprint density at radius 1 is 1.28 bits per heavy atom. The van der Waals surface area contributed by atoms with E-state index in [2.05, 4.69) is 5.32 Å². The lowest BCUT2D eigenvalue weighted by molar-refractivity contribution is -0.120. The molecule has 132 valence electrons. The van der Waals surface area contributed by atoms with E-state index in [-0.39, 0.29) is 35.5 Å². The lowest BCUT2D eigenvalue weighted by Crippen LogP contribution is -2.49. The summed E-state index contributed by atoms with van der Waals surface area (Å²) in [6.07, 6.45) is 0.904. The predicted molar refractivity (Wildman–Crippen MR) is 89.0 cm³/mol. The molecule has 1 N–H and O–H groups in total. The van der Waals surface area contributed by atoms with Crippen LogP contribution in [0, 0.1) is 5.82 Å². The molecule has 1 aliphatic rings. The summed E-state index contributed by atoms with van der Waals surface area (Å²) in [5, 5.41) is 2.42. The van der Waals surface area contributed by atoms with Crippen LogP contribution < -0.4 is 10.2 Å². The molecular weight excluding hydrogens is 329 g/mol. The Hall–Kier alpha value is -2.90. The fourth-order valence-electron chi connectivity index (χ4n) is 2.62. The van der Waals surface area contributed by atoms with Crippen LogP contribution in [0.3, 0.4) is 0 Å². The molecule has 7 nitrogen and oxygen atoms in total. The first-order valence-electron chi connectivity index (χ1n) is 7.81. The van der Waals surface area contributed by atoms with Crippen molar-refractivity contribution in [2.75, 3.05) is 11.4 Å². The van der Waals surface area contributed by atoms with Crippen molar-refractivity contribution >= 4 is 34.6 Å². The van der Waals surface area contributed by atoms with Gasteiger partial charge >= 0.3 is 12.1 Å². The summed E-state index contributed by atoms with van der Waals surface area (Å²) in [6, 6.07) is 3.58. The number of carbonyl (C=O) groups excluding carboxylic acids is 3. The first kappa shape index (κ1) is 16.9. The minimum Gasteiger partial charge on any atom is -0.443 e. The molecule has 2 aromatic rings. The number of hydrogen-bond acceptors (Lipinski definition) is 4. The van der Waals surface area contributed by atoms with Gasteiger partial charge in [0.05, 0.1) is 11.2 Å². The molecule has 1 saturated heterocycles. The number of hydrogen-bond donors (Lipinski definition) is 1. The van der Waals surface area contributed by atoms with Gasteiger partial charge in [-0.2, -0.15) is 0 Å². The van der Waals surface area contributed by atoms with Gasteiger partial charge in [0.25, 0.3) is 0 Å². The van der Waals surface area contributed by atoms with E-state index < -0.39 is 23.5 Å². The third-order valence-corrected chi connectivity index (χ3v) is 3.70. The highest BCUT2D eigenvalue weighted by Crippen LogP contribution is 2.28. The summed E-state index contributed by atoms with van der Waals surface area (Å²) in [6.45, 7) is 5.34. The largest absolute Gasteiger partial charge is 0.443 e. The topological polar surface area (TPSA) is 80.6 Å². The van der Waals surface area contributed by atoms with Gasteiger partial charge in [-0.3, -0.25) is 19.6 Å². The van der Waals surface area contributed by atoms with Gasteiger partial charge in [-0.15, -0.1) is 0 Å². The number of aromatic nitrogens is 1. The van der Waals surface area contributed by atoms with Crippen LogP contribution in [0.4, 0.5) is 19.7 Å². The van der Waals surface area contributed by atoms with E-state index in [0.29, 0.717) is 0 Å². The minimum atomic E-state index is -0.697. The number of carbonyl (C=O) groups is 3. The van der Waals surface area contributed by atoms with Crippen molar-refractivity contribution in [3.8, 4) is 0 Å². The molecule has 8 heteroatoms. The number of nitrogens with one attached hydrogen (secondary N) is 1. The van der Waals surface area contributed by atoms with Crippen molar-refractivity contribution in [3.63, 3.8) is 0 Å². The Morgan fingerprint density at radius 2 is 2.00 bits per heavy atom. The number of rotatable bonds is 1. The third-order valence-electron chi connectivity index (χ3n) is 3.70. The fourth-order valence-corrected chi connectivity index (χ4v) is 2.62. The molecule has 3 rings (SSSR count). The maximum Gasteiger partial charge on any atom is 0.418 e. The zero-order valence-electron chi connectivity index (χ0n) is 14.1. The van der Waals surface area contributed by atoms with E-state index in [9.17, 15) is 18.8 Å². The number of nitrogens with zero attached hydrogens (tertiary/aromatic N) is 2. The fraction of sp³-hybridized carbons (Fsp3) is 0.353. The normalized spacial score (nSPS) is 15.4. The van der Waals surface area contributed by atoms with E-state index >= 15 is 0 Å². The Balaban J connectivity index is 2.03. The molecule has 0 spiro atoms. The van der Waals surface area contributed by atoms with Gasteiger partial charge in [0.1, 0.15) is 11.4 Å². The first-order valence-corrected chi connectivity index (χ1v) is 7.81. The Morgan fingerprint density at radius 3 is 2.64 bits per heavy atom. The molecule has 1 fully saturated rings. The zero-order valence-corrected chi connectivity index (χ0v) is 14.1. The maximum atomic E-state index is 14.4. The Labute approximate surface area is 143 Å². The van der Waals surface area contributed by atoms with E-state index in [4.69, 9.17) is 4.74 Å². The molecule has 0 saturated carbocycles. The molecular formula is C17H18FN3O4. The van der Waals surface area contributed by atoms with Crippen molar-refractivity contribution in [3.05, 3.63) is 30.2 Å². The molecule has 0 unspecified atom stereocenters. The lowest BCUT2D eigenvalue weighted by Gasteiger charge is -2.26. The van der Waals surface area contributed by atoms with Crippen LogP contribution in [0.2, 0.25) is 0 Å². The second-order valence-corrected chi connectivity index (χ2v) is 6.78. The molecule has 0 radical (unpaired) electrons. The van der Waals surface area contributed by atoms with Gasteiger partial charge in [-0.25, -0.2) is 14.0 Å². The molecule has 0 atom stereocenters. The maximum absolute atomic E-state index is 14.4. The zero-order chi connectivity index (χ0) is 18.4. The second-order valence-electron chi connectivity index (χ2n) is 6.78.